The number of nitrogens with zero attached hydrogens (tertiary/aromatic N) is 3. The van der Waals surface area contributed by atoms with Gasteiger partial charge in [0, 0.05) is 37.6 Å². The maximum Gasteiger partial charge on any atom is 0.0648 e. The number of hydrogen-bond donors (Lipinski definition) is 0. The van der Waals surface area contributed by atoms with Crippen LogP contribution in [0.25, 0.3) is 5.69 Å². The fourth-order valence-corrected chi connectivity index (χ4v) is 2.90. The first-order valence-corrected chi connectivity index (χ1v) is 7.61. The predicted molar refractivity (Wildman–Crippen MR) is 83.6 cm³/mol. The Morgan fingerprint density at radius 2 is 2.14 bits per heavy atom. The molecule has 1 aliphatic rings. The van der Waals surface area contributed by atoms with Crippen LogP contribution in [0.2, 0.25) is 0 Å². The Morgan fingerprint density at radius 3 is 2.90 bits per heavy atom. The quantitative estimate of drug-likeness (QED) is 0.865. The number of benzene rings is 1. The summed E-state index contributed by atoms with van der Waals surface area (Å²) >= 11 is 0. The highest BCUT2D eigenvalue weighted by Crippen LogP contribution is 2.16. The summed E-state index contributed by atoms with van der Waals surface area (Å²) in [6, 6.07) is 9.04. The minimum absolute atomic E-state index is 0.626. The summed E-state index contributed by atoms with van der Waals surface area (Å²) in [6.45, 7) is 4.82. The minimum Gasteiger partial charge on any atom is -0.381 e. The topological polar surface area (TPSA) is 30.3 Å². The van der Waals surface area contributed by atoms with Gasteiger partial charge < -0.3 is 4.74 Å². The highest BCUT2D eigenvalue weighted by molar-refractivity contribution is 5.35. The van der Waals surface area contributed by atoms with E-state index in [1.807, 2.05) is 10.9 Å². The summed E-state index contributed by atoms with van der Waals surface area (Å²) in [7, 11) is 2.19. The third kappa shape index (κ3) is 3.52. The fraction of sp³-hybridized carbons (Fsp3) is 0.471. The molecule has 0 radical (unpaired) electrons. The van der Waals surface area contributed by atoms with E-state index in [1.54, 1.807) is 0 Å². The van der Waals surface area contributed by atoms with Crippen molar-refractivity contribution in [2.24, 2.45) is 0 Å². The molecule has 0 aliphatic carbocycles. The first-order chi connectivity index (χ1) is 10.2. The molecule has 0 atom stereocenters. The van der Waals surface area contributed by atoms with Crippen LogP contribution in [0.3, 0.4) is 0 Å². The summed E-state index contributed by atoms with van der Waals surface area (Å²) in [6.07, 6.45) is 6.35. The molecule has 1 saturated heterocycles. The maximum atomic E-state index is 5.43. The van der Waals surface area contributed by atoms with Crippen LogP contribution >= 0.6 is 0 Å². The third-order valence-corrected chi connectivity index (χ3v) is 4.15. The molecule has 21 heavy (non-hydrogen) atoms. The molecule has 2 heterocycles. The molecule has 0 unspecified atom stereocenters. The van der Waals surface area contributed by atoms with E-state index < -0.39 is 0 Å². The zero-order chi connectivity index (χ0) is 14.7. The summed E-state index contributed by atoms with van der Waals surface area (Å²) in [5.41, 5.74) is 3.63. The second kappa shape index (κ2) is 6.41. The number of ether oxygens (including phenoxy) is 1. The molecule has 3 rings (SSSR count). The van der Waals surface area contributed by atoms with Gasteiger partial charge in [-0.3, -0.25) is 4.90 Å². The van der Waals surface area contributed by atoms with Crippen molar-refractivity contribution < 1.29 is 4.74 Å². The molecule has 112 valence electrons. The van der Waals surface area contributed by atoms with Gasteiger partial charge in [-0.15, -0.1) is 0 Å². The lowest BCUT2D eigenvalue weighted by atomic mass is 10.1. The second-order valence-corrected chi connectivity index (χ2v) is 5.89. The van der Waals surface area contributed by atoms with Crippen molar-refractivity contribution >= 4 is 0 Å². The molecule has 1 fully saturated rings. The van der Waals surface area contributed by atoms with Crippen molar-refractivity contribution in [2.75, 3.05) is 20.3 Å². The Bertz CT molecular complexity index is 587. The van der Waals surface area contributed by atoms with Gasteiger partial charge in [0.05, 0.1) is 11.9 Å². The van der Waals surface area contributed by atoms with E-state index in [0.717, 1.165) is 38.3 Å². The lowest BCUT2D eigenvalue weighted by molar-refractivity contribution is 0.0407. The van der Waals surface area contributed by atoms with Gasteiger partial charge in [-0.05, 0) is 44.5 Å². The molecule has 0 saturated carbocycles. The summed E-state index contributed by atoms with van der Waals surface area (Å²) in [5, 5.41) is 4.49. The van der Waals surface area contributed by atoms with Crippen molar-refractivity contribution in [1.29, 1.82) is 0 Å². The van der Waals surface area contributed by atoms with Gasteiger partial charge in [0.25, 0.3) is 0 Å². The van der Waals surface area contributed by atoms with Gasteiger partial charge >= 0.3 is 0 Å². The van der Waals surface area contributed by atoms with E-state index in [2.05, 4.69) is 54.4 Å². The summed E-state index contributed by atoms with van der Waals surface area (Å²) in [5.74, 6) is 0. The van der Waals surface area contributed by atoms with Crippen LogP contribution in [0.5, 0.6) is 0 Å². The summed E-state index contributed by atoms with van der Waals surface area (Å²) < 4.78 is 7.39. The average molecular weight is 285 g/mol. The van der Waals surface area contributed by atoms with Gasteiger partial charge in [0.1, 0.15) is 0 Å². The molecular formula is C17H23N3O. The van der Waals surface area contributed by atoms with Crippen molar-refractivity contribution in [2.45, 2.75) is 32.4 Å². The van der Waals surface area contributed by atoms with Crippen LogP contribution in [0.1, 0.15) is 24.0 Å². The first-order valence-electron chi connectivity index (χ1n) is 7.61. The van der Waals surface area contributed by atoms with Crippen molar-refractivity contribution in [3.63, 3.8) is 0 Å². The molecule has 0 amide bonds. The van der Waals surface area contributed by atoms with Crippen LogP contribution in [0, 0.1) is 6.92 Å². The summed E-state index contributed by atoms with van der Waals surface area (Å²) in [4.78, 5) is 2.42. The SMILES string of the molecule is Cc1cccc(-n2cc(CN(C)C3CCOCC3)cn2)c1. The van der Waals surface area contributed by atoms with Crippen LogP contribution in [0.4, 0.5) is 0 Å². The Morgan fingerprint density at radius 1 is 1.33 bits per heavy atom. The number of aromatic nitrogens is 2. The Kier molecular flexibility index (Phi) is 4.36. The van der Waals surface area contributed by atoms with E-state index in [0.29, 0.717) is 6.04 Å². The molecule has 1 aromatic heterocycles. The highest BCUT2D eigenvalue weighted by Gasteiger charge is 2.18. The largest absolute Gasteiger partial charge is 0.381 e. The van der Waals surface area contributed by atoms with Crippen LogP contribution in [-0.2, 0) is 11.3 Å². The molecule has 0 N–H and O–H groups in total. The van der Waals surface area contributed by atoms with Crippen LogP contribution < -0.4 is 0 Å². The molecular weight excluding hydrogens is 262 g/mol. The van der Waals surface area contributed by atoms with Crippen molar-refractivity contribution in [3.8, 4) is 5.69 Å². The average Bonchev–Trinajstić information content (AvgIpc) is 2.97. The van der Waals surface area contributed by atoms with Crippen LogP contribution in [-0.4, -0.2) is 41.0 Å². The van der Waals surface area contributed by atoms with Gasteiger partial charge in [-0.1, -0.05) is 12.1 Å². The minimum atomic E-state index is 0.626. The monoisotopic (exact) mass is 285 g/mol. The Labute approximate surface area is 126 Å². The van der Waals surface area contributed by atoms with Gasteiger partial charge in [-0.25, -0.2) is 4.68 Å². The molecule has 4 heteroatoms. The maximum absolute atomic E-state index is 5.43. The molecule has 0 bridgehead atoms. The van der Waals surface area contributed by atoms with Crippen LogP contribution in [0.15, 0.2) is 36.7 Å². The number of aryl methyl sites for hydroxylation is 1. The second-order valence-electron chi connectivity index (χ2n) is 5.89. The van der Waals surface area contributed by atoms with E-state index >= 15 is 0 Å². The molecule has 1 aliphatic heterocycles. The van der Waals surface area contributed by atoms with E-state index in [9.17, 15) is 0 Å². The van der Waals surface area contributed by atoms with Gasteiger partial charge in [0.15, 0.2) is 0 Å². The third-order valence-electron chi connectivity index (χ3n) is 4.15. The predicted octanol–water partition coefficient (Wildman–Crippen LogP) is 2.79. The smallest absolute Gasteiger partial charge is 0.0648 e. The molecule has 4 nitrogen and oxygen atoms in total. The van der Waals surface area contributed by atoms with E-state index in [-0.39, 0.29) is 0 Å². The van der Waals surface area contributed by atoms with Gasteiger partial charge in [-0.2, -0.15) is 5.10 Å². The van der Waals surface area contributed by atoms with Crippen molar-refractivity contribution in [1.82, 2.24) is 14.7 Å². The van der Waals surface area contributed by atoms with Gasteiger partial charge in [0.2, 0.25) is 0 Å². The Balaban J connectivity index is 1.67. The number of hydrogen-bond acceptors (Lipinski definition) is 3. The zero-order valence-corrected chi connectivity index (χ0v) is 12.8. The lowest BCUT2D eigenvalue weighted by Crippen LogP contribution is -2.36. The molecule has 0 spiro atoms. The molecule has 1 aromatic carbocycles. The number of rotatable bonds is 4. The van der Waals surface area contributed by atoms with E-state index in [1.165, 1.54) is 11.1 Å². The lowest BCUT2D eigenvalue weighted by Gasteiger charge is -2.30. The zero-order valence-electron chi connectivity index (χ0n) is 12.8. The molecule has 2 aromatic rings. The van der Waals surface area contributed by atoms with Crippen molar-refractivity contribution in [3.05, 3.63) is 47.8 Å². The Hall–Kier alpha value is -1.65. The first kappa shape index (κ1) is 14.3. The standard InChI is InChI=1S/C17H23N3O/c1-14-4-3-5-17(10-14)20-13-15(11-18-20)12-19(2)16-6-8-21-9-7-16/h3-5,10-11,13,16H,6-9,12H2,1-2H3. The normalized spacial score (nSPS) is 16.5. The van der Waals surface area contributed by atoms with E-state index in [4.69, 9.17) is 4.74 Å². The highest BCUT2D eigenvalue weighted by atomic mass is 16.5. The fourth-order valence-electron chi connectivity index (χ4n) is 2.90.